The summed E-state index contributed by atoms with van der Waals surface area (Å²) in [7, 11) is -4.33. The number of hydrogen-bond donors (Lipinski definition) is 1. The van der Waals surface area contributed by atoms with Gasteiger partial charge in [-0.3, -0.25) is 19.2 Å². The molecule has 0 aromatic heterocycles. The standard InChI is InChI=1S/C15H13BrN2O6S/c16-11-4-3-5-12(10-11)17(9-8-15(19)20)25(23,24)14-7-2-1-6-13(14)18(21)22/h1-7,10H,8-9H2,(H,19,20). The molecule has 0 amide bonds. The van der Waals surface area contributed by atoms with Crippen molar-refractivity contribution in [3.05, 3.63) is 63.1 Å². The third-order valence-electron chi connectivity index (χ3n) is 3.25. The summed E-state index contributed by atoms with van der Waals surface area (Å²) in [5.41, 5.74) is -0.369. The largest absolute Gasteiger partial charge is 0.481 e. The molecule has 0 saturated carbocycles. The van der Waals surface area contributed by atoms with E-state index in [1.165, 1.54) is 24.3 Å². The lowest BCUT2D eigenvalue weighted by Gasteiger charge is -2.24. The van der Waals surface area contributed by atoms with Gasteiger partial charge in [-0.2, -0.15) is 0 Å². The van der Waals surface area contributed by atoms with E-state index in [2.05, 4.69) is 15.9 Å². The molecule has 8 nitrogen and oxygen atoms in total. The second kappa shape index (κ2) is 7.62. The number of anilines is 1. The molecule has 25 heavy (non-hydrogen) atoms. The van der Waals surface area contributed by atoms with Crippen molar-refractivity contribution in [2.45, 2.75) is 11.3 Å². The minimum Gasteiger partial charge on any atom is -0.481 e. The highest BCUT2D eigenvalue weighted by Crippen LogP contribution is 2.31. The van der Waals surface area contributed by atoms with Crippen LogP contribution in [0.4, 0.5) is 11.4 Å². The number of benzene rings is 2. The van der Waals surface area contributed by atoms with Crippen LogP contribution < -0.4 is 4.31 Å². The number of carboxylic acid groups (broad SMARTS) is 1. The van der Waals surface area contributed by atoms with Gasteiger partial charge in [-0.05, 0) is 24.3 Å². The summed E-state index contributed by atoms with van der Waals surface area (Å²) in [6.45, 7) is -0.361. The Morgan fingerprint density at radius 1 is 1.20 bits per heavy atom. The Morgan fingerprint density at radius 2 is 1.88 bits per heavy atom. The Balaban J connectivity index is 2.60. The summed E-state index contributed by atoms with van der Waals surface area (Å²) < 4.78 is 27.4. The van der Waals surface area contributed by atoms with Gasteiger partial charge in [-0.25, -0.2) is 8.42 Å². The van der Waals surface area contributed by atoms with E-state index >= 15 is 0 Å². The van der Waals surface area contributed by atoms with E-state index in [9.17, 15) is 23.3 Å². The third-order valence-corrected chi connectivity index (χ3v) is 5.62. The highest BCUT2D eigenvalue weighted by atomic mass is 79.9. The first-order valence-corrected chi connectivity index (χ1v) is 9.20. The summed E-state index contributed by atoms with van der Waals surface area (Å²) in [6, 6.07) is 11.2. The molecule has 0 atom stereocenters. The minimum atomic E-state index is -4.33. The maximum Gasteiger partial charge on any atom is 0.305 e. The number of nitro benzene ring substituents is 1. The van der Waals surface area contributed by atoms with Gasteiger partial charge in [0.1, 0.15) is 0 Å². The highest BCUT2D eigenvalue weighted by molar-refractivity contribution is 9.10. The van der Waals surface area contributed by atoms with E-state index in [1.807, 2.05) is 0 Å². The molecule has 2 aromatic rings. The van der Waals surface area contributed by atoms with Crippen molar-refractivity contribution in [1.82, 2.24) is 0 Å². The quantitative estimate of drug-likeness (QED) is 0.534. The van der Waals surface area contributed by atoms with Crippen LogP contribution in [-0.2, 0) is 14.8 Å². The smallest absolute Gasteiger partial charge is 0.305 e. The molecule has 0 spiro atoms. The number of para-hydroxylation sites is 1. The molecule has 0 radical (unpaired) electrons. The Hall–Kier alpha value is -2.46. The minimum absolute atomic E-state index is 0.203. The maximum absolute atomic E-state index is 13.0. The van der Waals surface area contributed by atoms with Crippen molar-refractivity contribution in [3.63, 3.8) is 0 Å². The lowest BCUT2D eigenvalue weighted by atomic mass is 10.3. The van der Waals surface area contributed by atoms with Crippen LogP contribution >= 0.6 is 15.9 Å². The van der Waals surface area contributed by atoms with Gasteiger partial charge in [0.05, 0.1) is 17.0 Å². The molecule has 0 aliphatic carbocycles. The molecular formula is C15H13BrN2O6S. The molecule has 0 fully saturated rings. The fourth-order valence-electron chi connectivity index (χ4n) is 2.16. The summed E-state index contributed by atoms with van der Waals surface area (Å²) >= 11 is 3.23. The summed E-state index contributed by atoms with van der Waals surface area (Å²) in [4.78, 5) is 20.8. The summed E-state index contributed by atoms with van der Waals surface area (Å²) in [5.74, 6) is -1.18. The fraction of sp³-hybridized carbons (Fsp3) is 0.133. The Bertz CT molecular complexity index is 916. The second-order valence-corrected chi connectivity index (χ2v) is 7.67. The fourth-order valence-corrected chi connectivity index (χ4v) is 4.17. The first-order chi connectivity index (χ1) is 11.7. The first-order valence-electron chi connectivity index (χ1n) is 6.97. The normalized spacial score (nSPS) is 11.1. The lowest BCUT2D eigenvalue weighted by molar-refractivity contribution is -0.387. The van der Waals surface area contributed by atoms with Crippen LogP contribution in [0, 0.1) is 10.1 Å². The number of nitro groups is 1. The van der Waals surface area contributed by atoms with Crippen LogP contribution in [-0.4, -0.2) is 31.0 Å². The van der Waals surface area contributed by atoms with Crippen LogP contribution in [0.1, 0.15) is 6.42 Å². The number of nitrogens with zero attached hydrogens (tertiary/aromatic N) is 2. The van der Waals surface area contributed by atoms with Gasteiger partial charge in [-0.15, -0.1) is 0 Å². The number of aliphatic carboxylic acids is 1. The van der Waals surface area contributed by atoms with Crippen molar-refractivity contribution < 1.29 is 23.2 Å². The maximum atomic E-state index is 13.0. The average molecular weight is 429 g/mol. The highest BCUT2D eigenvalue weighted by Gasteiger charge is 2.32. The molecule has 10 heteroatoms. The summed E-state index contributed by atoms with van der Waals surface area (Å²) in [5, 5.41) is 20.1. The van der Waals surface area contributed by atoms with Crippen LogP contribution in [0.25, 0.3) is 0 Å². The van der Waals surface area contributed by atoms with Crippen LogP contribution in [0.5, 0.6) is 0 Å². The van der Waals surface area contributed by atoms with Gasteiger partial charge in [0.15, 0.2) is 4.90 Å². The predicted octanol–water partition coefficient (Wildman–Crippen LogP) is 3.03. The molecule has 0 bridgehead atoms. The number of rotatable bonds is 7. The van der Waals surface area contributed by atoms with E-state index in [1.54, 1.807) is 12.1 Å². The molecule has 0 heterocycles. The topological polar surface area (TPSA) is 118 Å². The van der Waals surface area contributed by atoms with Crippen molar-refractivity contribution in [2.75, 3.05) is 10.8 Å². The van der Waals surface area contributed by atoms with Crippen LogP contribution in [0.2, 0.25) is 0 Å². The van der Waals surface area contributed by atoms with E-state index in [-0.39, 0.29) is 12.2 Å². The van der Waals surface area contributed by atoms with Gasteiger partial charge in [0, 0.05) is 17.1 Å². The third kappa shape index (κ3) is 4.34. The molecular weight excluding hydrogens is 416 g/mol. The molecule has 0 aliphatic heterocycles. The number of carbonyl (C=O) groups is 1. The zero-order valence-corrected chi connectivity index (χ0v) is 15.1. The first kappa shape index (κ1) is 18.9. The van der Waals surface area contributed by atoms with Crippen LogP contribution in [0.3, 0.4) is 0 Å². The SMILES string of the molecule is O=C(O)CCN(c1cccc(Br)c1)S(=O)(=O)c1ccccc1[N+](=O)[O-]. The Kier molecular flexibility index (Phi) is 5.75. The Labute approximate surface area is 152 Å². The molecule has 0 saturated heterocycles. The summed E-state index contributed by atoms with van der Waals surface area (Å²) in [6.07, 6.45) is -0.452. The van der Waals surface area contributed by atoms with Gasteiger partial charge in [0.25, 0.3) is 15.7 Å². The number of carboxylic acids is 1. The molecule has 1 N–H and O–H groups in total. The number of sulfonamides is 1. The number of halogens is 1. The van der Waals surface area contributed by atoms with Crippen LogP contribution in [0.15, 0.2) is 57.9 Å². The van der Waals surface area contributed by atoms with Gasteiger partial charge >= 0.3 is 5.97 Å². The van der Waals surface area contributed by atoms with E-state index in [0.717, 1.165) is 16.4 Å². The number of hydrogen-bond acceptors (Lipinski definition) is 5. The van der Waals surface area contributed by atoms with E-state index < -0.39 is 37.9 Å². The van der Waals surface area contributed by atoms with Gasteiger partial charge < -0.3 is 5.11 Å². The van der Waals surface area contributed by atoms with E-state index in [4.69, 9.17) is 5.11 Å². The molecule has 0 aliphatic rings. The monoisotopic (exact) mass is 428 g/mol. The average Bonchev–Trinajstić information content (AvgIpc) is 2.54. The molecule has 2 rings (SSSR count). The van der Waals surface area contributed by atoms with Crippen molar-refractivity contribution in [2.24, 2.45) is 0 Å². The van der Waals surface area contributed by atoms with E-state index in [0.29, 0.717) is 4.47 Å². The van der Waals surface area contributed by atoms with Crippen molar-refractivity contribution in [1.29, 1.82) is 0 Å². The van der Waals surface area contributed by atoms with Crippen molar-refractivity contribution >= 4 is 43.3 Å². The van der Waals surface area contributed by atoms with Crippen molar-refractivity contribution in [3.8, 4) is 0 Å². The second-order valence-electron chi connectivity index (χ2n) is 4.93. The Morgan fingerprint density at radius 3 is 2.48 bits per heavy atom. The lowest BCUT2D eigenvalue weighted by Crippen LogP contribution is -2.33. The zero-order chi connectivity index (χ0) is 18.6. The zero-order valence-electron chi connectivity index (χ0n) is 12.7. The molecule has 132 valence electrons. The van der Waals surface area contributed by atoms with Gasteiger partial charge in [0.2, 0.25) is 0 Å². The molecule has 0 unspecified atom stereocenters. The van der Waals surface area contributed by atoms with Gasteiger partial charge in [-0.1, -0.05) is 34.1 Å². The predicted molar refractivity (Wildman–Crippen MR) is 94.0 cm³/mol. The molecule has 2 aromatic carbocycles.